The first-order valence-corrected chi connectivity index (χ1v) is 9.55. The minimum absolute atomic E-state index is 0.0919. The lowest BCUT2D eigenvalue weighted by Gasteiger charge is -2.19. The van der Waals surface area contributed by atoms with E-state index >= 15 is 0 Å². The summed E-state index contributed by atoms with van der Waals surface area (Å²) in [7, 11) is 0. The summed E-state index contributed by atoms with van der Waals surface area (Å²) in [6.45, 7) is 7.95. The summed E-state index contributed by atoms with van der Waals surface area (Å²) in [5, 5.41) is 2.69. The number of amides is 2. The number of rotatable bonds is 3. The van der Waals surface area contributed by atoms with Crippen LogP contribution in [-0.4, -0.2) is 29.0 Å². The number of aromatic nitrogens is 1. The van der Waals surface area contributed by atoms with Crippen LogP contribution in [-0.2, 0) is 14.9 Å². The van der Waals surface area contributed by atoms with Crippen molar-refractivity contribution in [3.8, 4) is 0 Å². The van der Waals surface area contributed by atoms with E-state index in [9.17, 15) is 14.0 Å². The predicted octanol–water partition coefficient (Wildman–Crippen LogP) is 3.81. The summed E-state index contributed by atoms with van der Waals surface area (Å²) >= 11 is 0. The van der Waals surface area contributed by atoms with Gasteiger partial charge in [-0.2, -0.15) is 0 Å². The van der Waals surface area contributed by atoms with Gasteiger partial charge >= 0.3 is 0 Å². The number of nitrogens with one attached hydrogen (secondary N) is 1. The number of hydrogen-bond donors (Lipinski definition) is 2. The Labute approximate surface area is 170 Å². The van der Waals surface area contributed by atoms with Gasteiger partial charge in [-0.15, -0.1) is 0 Å². The van der Waals surface area contributed by atoms with Gasteiger partial charge in [0.15, 0.2) is 0 Å². The molecule has 1 aromatic heterocycles. The number of benzene rings is 1. The first-order chi connectivity index (χ1) is 13.6. The highest BCUT2D eigenvalue weighted by atomic mass is 19.1. The van der Waals surface area contributed by atoms with Gasteiger partial charge in [0.25, 0.3) is 11.8 Å². The Morgan fingerprint density at radius 2 is 1.90 bits per heavy atom. The highest BCUT2D eigenvalue weighted by Crippen LogP contribution is 2.24. The molecule has 2 amide bonds. The fraction of sp³-hybridized carbons (Fsp3) is 0.409. The first kappa shape index (κ1) is 22.5. The molecule has 2 unspecified atom stereocenters. The Balaban J connectivity index is 0.000000234. The van der Waals surface area contributed by atoms with Gasteiger partial charge in [-0.1, -0.05) is 39.0 Å². The molecule has 2 atom stereocenters. The summed E-state index contributed by atoms with van der Waals surface area (Å²) in [5.74, 6) is -0.946. The molecule has 0 bridgehead atoms. The fourth-order valence-corrected chi connectivity index (χ4v) is 2.93. The SMILES string of the molecule is CC(C)(C)c1ccccc1F.CC1CCC(C(=O)Nc2ccnc(C(N)=O)c2)O1. The van der Waals surface area contributed by atoms with Crippen LogP contribution in [0.2, 0.25) is 0 Å². The molecule has 6 nitrogen and oxygen atoms in total. The van der Waals surface area contributed by atoms with Crippen LogP contribution < -0.4 is 11.1 Å². The molecule has 29 heavy (non-hydrogen) atoms. The maximum atomic E-state index is 13.1. The Bertz CT molecular complexity index is 864. The molecular weight excluding hydrogens is 373 g/mol. The van der Waals surface area contributed by atoms with Gasteiger partial charge in [-0.3, -0.25) is 14.6 Å². The van der Waals surface area contributed by atoms with E-state index in [-0.39, 0.29) is 28.9 Å². The van der Waals surface area contributed by atoms with Gasteiger partial charge in [-0.05, 0) is 48.9 Å². The van der Waals surface area contributed by atoms with Crippen LogP contribution >= 0.6 is 0 Å². The first-order valence-electron chi connectivity index (χ1n) is 9.55. The van der Waals surface area contributed by atoms with Crippen molar-refractivity contribution in [1.29, 1.82) is 0 Å². The molecule has 1 aliphatic heterocycles. The summed E-state index contributed by atoms with van der Waals surface area (Å²) in [5.41, 5.74) is 6.41. The lowest BCUT2D eigenvalue weighted by molar-refractivity contribution is -0.126. The number of carbonyl (C=O) groups excluding carboxylic acids is 2. The number of pyridine rings is 1. The van der Waals surface area contributed by atoms with Gasteiger partial charge < -0.3 is 15.8 Å². The second-order valence-corrected chi connectivity index (χ2v) is 8.03. The average Bonchev–Trinajstić information content (AvgIpc) is 3.08. The zero-order valence-corrected chi connectivity index (χ0v) is 17.2. The van der Waals surface area contributed by atoms with E-state index in [1.54, 1.807) is 12.1 Å². The normalized spacial score (nSPS) is 18.5. The molecule has 1 aliphatic rings. The van der Waals surface area contributed by atoms with E-state index < -0.39 is 12.0 Å². The predicted molar refractivity (Wildman–Crippen MR) is 110 cm³/mol. The Hall–Kier alpha value is -2.80. The molecule has 0 saturated carbocycles. The van der Waals surface area contributed by atoms with Crippen LogP contribution in [0, 0.1) is 5.82 Å². The number of carbonyl (C=O) groups is 2. The third-order valence-corrected chi connectivity index (χ3v) is 4.49. The number of anilines is 1. The maximum Gasteiger partial charge on any atom is 0.267 e. The van der Waals surface area contributed by atoms with Gasteiger partial charge in [0.1, 0.15) is 17.6 Å². The van der Waals surface area contributed by atoms with Crippen molar-refractivity contribution >= 4 is 17.5 Å². The summed E-state index contributed by atoms with van der Waals surface area (Å²) in [4.78, 5) is 26.6. The molecule has 2 aromatic rings. The molecule has 0 aliphatic carbocycles. The summed E-state index contributed by atoms with van der Waals surface area (Å²) in [6, 6.07) is 9.95. The van der Waals surface area contributed by atoms with Gasteiger partial charge in [0, 0.05) is 11.9 Å². The Morgan fingerprint density at radius 3 is 2.41 bits per heavy atom. The molecule has 156 valence electrons. The van der Waals surface area contributed by atoms with Crippen LogP contribution in [0.5, 0.6) is 0 Å². The van der Waals surface area contributed by atoms with Crippen molar-refractivity contribution < 1.29 is 18.7 Å². The number of primary amides is 1. The smallest absolute Gasteiger partial charge is 0.267 e. The second kappa shape index (κ2) is 9.60. The molecule has 3 rings (SSSR count). The van der Waals surface area contributed by atoms with Crippen molar-refractivity contribution in [1.82, 2.24) is 4.98 Å². The van der Waals surface area contributed by atoms with Crippen molar-refractivity contribution in [2.24, 2.45) is 5.73 Å². The van der Waals surface area contributed by atoms with Crippen LogP contribution in [0.25, 0.3) is 0 Å². The van der Waals surface area contributed by atoms with Gasteiger partial charge in [0.05, 0.1) is 6.10 Å². The van der Waals surface area contributed by atoms with Crippen molar-refractivity contribution in [3.05, 3.63) is 59.7 Å². The number of hydrogen-bond acceptors (Lipinski definition) is 4. The third-order valence-electron chi connectivity index (χ3n) is 4.49. The fourth-order valence-electron chi connectivity index (χ4n) is 2.93. The zero-order valence-electron chi connectivity index (χ0n) is 17.2. The third kappa shape index (κ3) is 6.64. The molecule has 3 N–H and O–H groups in total. The van der Waals surface area contributed by atoms with Gasteiger partial charge in [-0.25, -0.2) is 4.39 Å². The number of nitrogens with zero attached hydrogens (tertiary/aromatic N) is 1. The van der Waals surface area contributed by atoms with Crippen LogP contribution in [0.4, 0.5) is 10.1 Å². The molecule has 2 heterocycles. The van der Waals surface area contributed by atoms with Crippen LogP contribution in [0.1, 0.15) is 56.6 Å². The van der Waals surface area contributed by atoms with Crippen molar-refractivity contribution in [3.63, 3.8) is 0 Å². The van der Waals surface area contributed by atoms with Crippen molar-refractivity contribution in [2.75, 3.05) is 5.32 Å². The standard InChI is InChI=1S/C12H15N3O3.C10H13F/c1-7-2-3-10(18-7)12(17)15-8-4-5-14-9(6-8)11(13)16;1-10(2,3)8-6-4-5-7-9(8)11/h4-7,10H,2-3H2,1H3,(H2,13,16)(H,14,15,17);4-7H,1-3H3. The van der Waals surface area contributed by atoms with E-state index in [1.165, 1.54) is 18.3 Å². The topological polar surface area (TPSA) is 94.3 Å². The zero-order chi connectivity index (χ0) is 21.6. The average molecular weight is 401 g/mol. The maximum absolute atomic E-state index is 13.1. The Morgan fingerprint density at radius 1 is 1.21 bits per heavy atom. The largest absolute Gasteiger partial charge is 0.365 e. The van der Waals surface area contributed by atoms with Crippen molar-refractivity contribution in [2.45, 2.75) is 58.2 Å². The lowest BCUT2D eigenvalue weighted by atomic mass is 9.87. The van der Waals surface area contributed by atoms with E-state index in [4.69, 9.17) is 10.5 Å². The Kier molecular flexibility index (Phi) is 7.45. The highest BCUT2D eigenvalue weighted by Gasteiger charge is 2.28. The lowest BCUT2D eigenvalue weighted by Crippen LogP contribution is -2.28. The minimum atomic E-state index is -0.628. The van der Waals surface area contributed by atoms with E-state index in [2.05, 4.69) is 10.3 Å². The van der Waals surface area contributed by atoms with Crippen LogP contribution in [0.3, 0.4) is 0 Å². The molecule has 7 heteroatoms. The highest BCUT2D eigenvalue weighted by molar-refractivity contribution is 5.96. The van der Waals surface area contributed by atoms with E-state index in [0.717, 1.165) is 12.0 Å². The number of halogens is 1. The molecule has 1 aromatic carbocycles. The minimum Gasteiger partial charge on any atom is -0.365 e. The summed E-state index contributed by atoms with van der Waals surface area (Å²) in [6.07, 6.45) is 2.69. The quantitative estimate of drug-likeness (QED) is 0.818. The molecule has 1 fully saturated rings. The number of ether oxygens (including phenoxy) is 1. The van der Waals surface area contributed by atoms with E-state index in [0.29, 0.717) is 12.1 Å². The monoisotopic (exact) mass is 401 g/mol. The van der Waals surface area contributed by atoms with Gasteiger partial charge in [0.2, 0.25) is 0 Å². The molecule has 0 spiro atoms. The van der Waals surface area contributed by atoms with E-state index in [1.807, 2.05) is 39.8 Å². The molecule has 0 radical (unpaired) electrons. The summed E-state index contributed by atoms with van der Waals surface area (Å²) < 4.78 is 18.5. The second-order valence-electron chi connectivity index (χ2n) is 8.03. The molecular formula is C22H28FN3O3. The molecule has 1 saturated heterocycles. The number of nitrogens with two attached hydrogens (primary N) is 1. The van der Waals surface area contributed by atoms with Crippen LogP contribution in [0.15, 0.2) is 42.6 Å².